The average Bonchev–Trinajstić information content (AvgIpc) is 3.37. The number of nitrogens with one attached hydrogen (secondary N) is 1. The molecule has 9 heteroatoms. The Bertz CT molecular complexity index is 1200. The van der Waals surface area contributed by atoms with Gasteiger partial charge in [0.2, 0.25) is 28.6 Å². The minimum Gasteiger partial charge on any atom is -0.454 e. The Morgan fingerprint density at radius 3 is 2.33 bits per heavy atom. The number of hydrogen-bond donors (Lipinski definition) is 1. The molecule has 2 aliphatic heterocycles. The van der Waals surface area contributed by atoms with Gasteiger partial charge in [0, 0.05) is 6.54 Å². The normalized spacial score (nSPS) is 22.0. The van der Waals surface area contributed by atoms with E-state index < -0.39 is 10.0 Å². The summed E-state index contributed by atoms with van der Waals surface area (Å²) in [5.74, 6) is 0.527. The van der Waals surface area contributed by atoms with Gasteiger partial charge < -0.3 is 9.47 Å². The Labute approximate surface area is 192 Å². The molecule has 0 unspecified atom stereocenters. The number of carbonyl (C=O) groups is 2. The summed E-state index contributed by atoms with van der Waals surface area (Å²) in [6.07, 6.45) is 3.44. The third-order valence-corrected chi connectivity index (χ3v) is 8.26. The lowest BCUT2D eigenvalue weighted by Crippen LogP contribution is -2.30. The predicted molar refractivity (Wildman–Crippen MR) is 119 cm³/mol. The molecular weight excluding hydrogens is 444 g/mol. The summed E-state index contributed by atoms with van der Waals surface area (Å²) in [6.45, 7) is 2.06. The number of aryl methyl sites for hydroxylation is 1. The molecule has 174 valence electrons. The van der Waals surface area contributed by atoms with Crippen molar-refractivity contribution in [2.24, 2.45) is 11.8 Å². The van der Waals surface area contributed by atoms with E-state index in [4.69, 9.17) is 9.47 Å². The number of benzene rings is 2. The van der Waals surface area contributed by atoms with Gasteiger partial charge in [-0.25, -0.2) is 13.1 Å². The number of carbonyl (C=O) groups excluding carboxylic acids is 2. The molecule has 2 amide bonds. The molecule has 0 spiro atoms. The van der Waals surface area contributed by atoms with Crippen molar-refractivity contribution in [3.63, 3.8) is 0 Å². The zero-order chi connectivity index (χ0) is 23.2. The van der Waals surface area contributed by atoms with E-state index in [0.29, 0.717) is 22.6 Å². The Hall–Kier alpha value is -2.91. The standard InChI is InChI=1S/C24H26N2O6S/c1-15-6-7-17(13-26-23(27)18-4-2-3-5-19(18)24(26)28)11-22(15)33(29,30)25-12-16-8-9-20-21(10-16)32-14-31-20/h6-11,18-19,25H,2-5,12-14H2,1H3/t18-,19-/m0/s1. The van der Waals surface area contributed by atoms with Crippen molar-refractivity contribution in [3.05, 3.63) is 53.1 Å². The highest BCUT2D eigenvalue weighted by molar-refractivity contribution is 7.89. The van der Waals surface area contributed by atoms with Crippen LogP contribution in [-0.4, -0.2) is 31.9 Å². The molecule has 0 radical (unpaired) electrons. The molecule has 8 nitrogen and oxygen atoms in total. The monoisotopic (exact) mass is 470 g/mol. The van der Waals surface area contributed by atoms with Gasteiger partial charge in [-0.05, 0) is 54.7 Å². The number of rotatable bonds is 6. The van der Waals surface area contributed by atoms with Crippen LogP contribution in [0, 0.1) is 18.8 Å². The van der Waals surface area contributed by atoms with E-state index in [-0.39, 0.29) is 48.4 Å². The largest absolute Gasteiger partial charge is 0.454 e. The molecule has 1 aliphatic carbocycles. The van der Waals surface area contributed by atoms with Crippen LogP contribution in [-0.2, 0) is 32.7 Å². The molecule has 2 heterocycles. The molecule has 2 atom stereocenters. The van der Waals surface area contributed by atoms with Crippen molar-refractivity contribution < 1.29 is 27.5 Å². The van der Waals surface area contributed by atoms with Gasteiger partial charge in [0.25, 0.3) is 0 Å². The number of imide groups is 1. The molecule has 2 fully saturated rings. The first kappa shape index (κ1) is 21.9. The minimum atomic E-state index is -3.82. The Morgan fingerprint density at radius 1 is 0.939 bits per heavy atom. The summed E-state index contributed by atoms with van der Waals surface area (Å²) < 4.78 is 39.4. The Kier molecular flexibility index (Phi) is 5.62. The zero-order valence-corrected chi connectivity index (χ0v) is 19.2. The molecule has 5 rings (SSSR count). The smallest absolute Gasteiger partial charge is 0.241 e. The van der Waals surface area contributed by atoms with Crippen molar-refractivity contribution in [2.45, 2.75) is 50.6 Å². The van der Waals surface area contributed by atoms with Gasteiger partial charge in [-0.3, -0.25) is 14.5 Å². The van der Waals surface area contributed by atoms with Crippen molar-refractivity contribution in [2.75, 3.05) is 6.79 Å². The summed E-state index contributed by atoms with van der Waals surface area (Å²) in [5.41, 5.74) is 1.95. The summed E-state index contributed by atoms with van der Waals surface area (Å²) >= 11 is 0. The number of sulfonamides is 1. The van der Waals surface area contributed by atoms with Crippen LogP contribution in [0.4, 0.5) is 0 Å². The molecule has 0 bridgehead atoms. The summed E-state index contributed by atoms with van der Waals surface area (Å²) in [5, 5.41) is 0. The maximum absolute atomic E-state index is 13.1. The van der Waals surface area contributed by atoms with Crippen LogP contribution in [0.15, 0.2) is 41.3 Å². The quantitative estimate of drug-likeness (QED) is 0.652. The number of hydrogen-bond acceptors (Lipinski definition) is 6. The van der Waals surface area contributed by atoms with Crippen molar-refractivity contribution in [1.82, 2.24) is 9.62 Å². The van der Waals surface area contributed by atoms with Gasteiger partial charge in [0.1, 0.15) is 0 Å². The van der Waals surface area contributed by atoms with Crippen LogP contribution >= 0.6 is 0 Å². The number of ether oxygens (including phenoxy) is 2. The first-order chi connectivity index (χ1) is 15.8. The maximum Gasteiger partial charge on any atom is 0.241 e. The predicted octanol–water partition coefficient (Wildman–Crippen LogP) is 2.88. The van der Waals surface area contributed by atoms with E-state index in [2.05, 4.69) is 4.72 Å². The first-order valence-electron chi connectivity index (χ1n) is 11.2. The highest BCUT2D eigenvalue weighted by Gasteiger charge is 2.47. The van der Waals surface area contributed by atoms with Crippen LogP contribution in [0.5, 0.6) is 11.5 Å². The van der Waals surface area contributed by atoms with Crippen LogP contribution < -0.4 is 14.2 Å². The van der Waals surface area contributed by atoms with Crippen molar-refractivity contribution in [3.8, 4) is 11.5 Å². The number of amides is 2. The molecule has 1 saturated carbocycles. The van der Waals surface area contributed by atoms with E-state index >= 15 is 0 Å². The van der Waals surface area contributed by atoms with Gasteiger partial charge >= 0.3 is 0 Å². The van der Waals surface area contributed by atoms with E-state index in [1.807, 2.05) is 0 Å². The van der Waals surface area contributed by atoms with Crippen LogP contribution in [0.1, 0.15) is 42.4 Å². The molecule has 3 aliphatic rings. The maximum atomic E-state index is 13.1. The Balaban J connectivity index is 1.32. The fourth-order valence-corrected chi connectivity index (χ4v) is 6.22. The molecular formula is C24H26N2O6S. The van der Waals surface area contributed by atoms with Gasteiger partial charge in [-0.2, -0.15) is 0 Å². The van der Waals surface area contributed by atoms with Gasteiger partial charge in [-0.15, -0.1) is 0 Å². The molecule has 0 aromatic heterocycles. The van der Waals surface area contributed by atoms with E-state index in [0.717, 1.165) is 31.2 Å². The second-order valence-corrected chi connectivity index (χ2v) is 10.6. The van der Waals surface area contributed by atoms with Gasteiger partial charge in [0.15, 0.2) is 11.5 Å². The third kappa shape index (κ3) is 4.11. The first-order valence-corrected chi connectivity index (χ1v) is 12.6. The van der Waals surface area contributed by atoms with E-state index in [9.17, 15) is 18.0 Å². The lowest BCUT2D eigenvalue weighted by Gasteiger charge is -2.19. The molecule has 2 aromatic carbocycles. The average molecular weight is 471 g/mol. The van der Waals surface area contributed by atoms with Crippen LogP contribution in [0.25, 0.3) is 0 Å². The summed E-state index contributed by atoms with van der Waals surface area (Å²) in [7, 11) is -3.82. The topological polar surface area (TPSA) is 102 Å². The second kappa shape index (κ2) is 8.46. The highest BCUT2D eigenvalue weighted by Crippen LogP contribution is 2.38. The SMILES string of the molecule is Cc1ccc(CN2C(=O)[C@H]3CCCC[C@@H]3C2=O)cc1S(=O)(=O)NCc1ccc2c(c1)OCO2. The fraction of sp³-hybridized carbons (Fsp3) is 0.417. The summed E-state index contributed by atoms with van der Waals surface area (Å²) in [4.78, 5) is 27.0. The number of fused-ring (bicyclic) bond motifs is 2. The molecule has 2 aromatic rings. The summed E-state index contributed by atoms with van der Waals surface area (Å²) in [6, 6.07) is 10.3. The van der Waals surface area contributed by atoms with Crippen LogP contribution in [0.2, 0.25) is 0 Å². The molecule has 1 N–H and O–H groups in total. The molecule has 1 saturated heterocycles. The Morgan fingerprint density at radius 2 is 1.61 bits per heavy atom. The third-order valence-electron chi connectivity index (χ3n) is 6.72. The molecule has 33 heavy (non-hydrogen) atoms. The van der Waals surface area contributed by atoms with E-state index in [1.54, 1.807) is 43.3 Å². The lowest BCUT2D eigenvalue weighted by atomic mass is 9.81. The zero-order valence-electron chi connectivity index (χ0n) is 18.4. The van der Waals surface area contributed by atoms with Crippen LogP contribution in [0.3, 0.4) is 0 Å². The van der Waals surface area contributed by atoms with Gasteiger partial charge in [-0.1, -0.05) is 31.0 Å². The van der Waals surface area contributed by atoms with Crippen molar-refractivity contribution in [1.29, 1.82) is 0 Å². The lowest BCUT2D eigenvalue weighted by molar-refractivity contribution is -0.140. The number of likely N-dealkylation sites (tertiary alicyclic amines) is 1. The van der Waals surface area contributed by atoms with Gasteiger partial charge in [0.05, 0.1) is 23.3 Å². The fourth-order valence-electron chi connectivity index (χ4n) is 4.91. The minimum absolute atomic E-state index is 0.0924. The highest BCUT2D eigenvalue weighted by atomic mass is 32.2. The van der Waals surface area contributed by atoms with E-state index in [1.165, 1.54) is 4.90 Å². The number of nitrogens with zero attached hydrogens (tertiary/aromatic N) is 1. The second-order valence-electron chi connectivity index (χ2n) is 8.87. The van der Waals surface area contributed by atoms with Crippen molar-refractivity contribution >= 4 is 21.8 Å².